The van der Waals surface area contributed by atoms with Crippen LogP contribution in [0.2, 0.25) is 0 Å². The van der Waals surface area contributed by atoms with Crippen LogP contribution in [0.25, 0.3) is 0 Å². The summed E-state index contributed by atoms with van der Waals surface area (Å²) < 4.78 is 10.5. The van der Waals surface area contributed by atoms with E-state index in [2.05, 4.69) is 86.8 Å². The molecule has 262 valence electrons. The van der Waals surface area contributed by atoms with Gasteiger partial charge in [-0.25, -0.2) is 0 Å². The first-order valence-corrected chi connectivity index (χ1v) is 18.5. The Balaban J connectivity index is 3.73. The molecule has 0 amide bonds. The van der Waals surface area contributed by atoms with Crippen LogP contribution in [0.4, 0.5) is 0 Å². The van der Waals surface area contributed by atoms with Gasteiger partial charge in [0.15, 0.2) is 6.10 Å². The molecule has 0 aromatic carbocycles. The fourth-order valence-corrected chi connectivity index (χ4v) is 4.63. The summed E-state index contributed by atoms with van der Waals surface area (Å²) in [6, 6.07) is 0. The van der Waals surface area contributed by atoms with E-state index in [-0.39, 0.29) is 31.6 Å². The highest BCUT2D eigenvalue weighted by atomic mass is 16.6. The molecule has 46 heavy (non-hydrogen) atoms. The fourth-order valence-electron chi connectivity index (χ4n) is 4.63. The van der Waals surface area contributed by atoms with Crippen LogP contribution in [0.3, 0.4) is 0 Å². The third kappa shape index (κ3) is 34.2. The average Bonchev–Trinajstić information content (AvgIpc) is 3.06. The van der Waals surface area contributed by atoms with Crippen LogP contribution in [-0.4, -0.2) is 36.4 Å². The Labute approximate surface area is 283 Å². The Morgan fingerprint density at radius 1 is 0.500 bits per heavy atom. The van der Waals surface area contributed by atoms with E-state index in [4.69, 9.17) is 9.47 Å². The van der Waals surface area contributed by atoms with Crippen molar-refractivity contribution in [3.8, 4) is 0 Å². The second kappa shape index (κ2) is 36.8. The van der Waals surface area contributed by atoms with Gasteiger partial charge in [0, 0.05) is 12.8 Å². The molecular formula is C41H68O5. The van der Waals surface area contributed by atoms with Crippen molar-refractivity contribution >= 4 is 11.9 Å². The topological polar surface area (TPSA) is 72.8 Å². The van der Waals surface area contributed by atoms with Gasteiger partial charge in [0.25, 0.3) is 0 Å². The zero-order valence-electron chi connectivity index (χ0n) is 29.6. The summed E-state index contributed by atoms with van der Waals surface area (Å²) in [6.07, 6.45) is 48.1. The maximum atomic E-state index is 12.1. The highest BCUT2D eigenvalue weighted by molar-refractivity contribution is 5.70. The third-order valence-electron chi connectivity index (χ3n) is 7.47. The van der Waals surface area contributed by atoms with E-state index in [1.54, 1.807) is 0 Å². The molecule has 0 aromatic rings. The van der Waals surface area contributed by atoms with Crippen molar-refractivity contribution in [1.29, 1.82) is 0 Å². The van der Waals surface area contributed by atoms with Crippen molar-refractivity contribution in [2.75, 3.05) is 13.2 Å². The number of carbonyl (C=O) groups is 2. The van der Waals surface area contributed by atoms with Crippen LogP contribution in [0.5, 0.6) is 0 Å². The molecule has 0 aliphatic heterocycles. The third-order valence-corrected chi connectivity index (χ3v) is 7.47. The summed E-state index contributed by atoms with van der Waals surface area (Å²) >= 11 is 0. The maximum absolute atomic E-state index is 12.1. The van der Waals surface area contributed by atoms with E-state index in [9.17, 15) is 14.7 Å². The van der Waals surface area contributed by atoms with Gasteiger partial charge in [0.2, 0.25) is 0 Å². The van der Waals surface area contributed by atoms with Crippen molar-refractivity contribution < 1.29 is 24.2 Å². The Morgan fingerprint density at radius 2 is 0.891 bits per heavy atom. The number of allylic oxidation sites excluding steroid dienone is 12. The number of carbonyl (C=O) groups excluding carboxylic acids is 2. The minimum atomic E-state index is -0.808. The minimum absolute atomic E-state index is 0.0987. The van der Waals surface area contributed by atoms with Crippen LogP contribution in [0, 0.1) is 0 Å². The molecule has 0 aromatic heterocycles. The van der Waals surface area contributed by atoms with E-state index >= 15 is 0 Å². The van der Waals surface area contributed by atoms with Crippen molar-refractivity contribution in [1.82, 2.24) is 0 Å². The van der Waals surface area contributed by atoms with Crippen molar-refractivity contribution in [3.63, 3.8) is 0 Å². The molecule has 5 heteroatoms. The zero-order chi connectivity index (χ0) is 33.6. The van der Waals surface area contributed by atoms with Crippen molar-refractivity contribution in [2.45, 2.75) is 161 Å². The molecule has 1 unspecified atom stereocenters. The summed E-state index contributed by atoms with van der Waals surface area (Å²) in [5.41, 5.74) is 0. The molecule has 0 fully saturated rings. The van der Waals surface area contributed by atoms with Gasteiger partial charge in [-0.1, -0.05) is 132 Å². The Kier molecular flexibility index (Phi) is 34.7. The van der Waals surface area contributed by atoms with Gasteiger partial charge in [-0.15, -0.1) is 0 Å². The van der Waals surface area contributed by atoms with E-state index in [1.807, 2.05) is 0 Å². The molecule has 0 bridgehead atoms. The lowest BCUT2D eigenvalue weighted by molar-refractivity contribution is -0.161. The largest absolute Gasteiger partial charge is 0.462 e. The standard InChI is InChI=1S/C41H68O5/c1-3-5-7-9-11-13-15-17-19-20-22-24-26-28-30-32-34-36-41(44)46-39(37-42)38-45-40(43)35-33-31-29-27-25-23-21-18-16-14-12-10-8-6-4-2/h11-14,17-19,21-22,24,28,30,39,42H,3-10,15-16,20,23,25-27,29,31-38H2,1-2H3. The van der Waals surface area contributed by atoms with Crippen LogP contribution >= 0.6 is 0 Å². The maximum Gasteiger partial charge on any atom is 0.306 e. The Morgan fingerprint density at radius 3 is 1.37 bits per heavy atom. The van der Waals surface area contributed by atoms with Crippen LogP contribution in [0.1, 0.15) is 155 Å². The predicted octanol–water partition coefficient (Wildman–Crippen LogP) is 11.4. The number of unbranched alkanes of at least 4 members (excludes halogenated alkanes) is 12. The molecule has 0 saturated heterocycles. The summed E-state index contributed by atoms with van der Waals surface area (Å²) in [4.78, 5) is 24.2. The Bertz CT molecular complexity index is 864. The first-order valence-electron chi connectivity index (χ1n) is 18.5. The fraction of sp³-hybridized carbons (Fsp3) is 0.659. The second-order valence-corrected chi connectivity index (χ2v) is 11.9. The monoisotopic (exact) mass is 641 g/mol. The number of aliphatic hydroxyl groups excluding tert-OH is 1. The summed E-state index contributed by atoms with van der Waals surface area (Å²) in [7, 11) is 0. The molecule has 0 aliphatic rings. The average molecular weight is 641 g/mol. The van der Waals surface area contributed by atoms with Crippen molar-refractivity contribution in [3.05, 3.63) is 72.9 Å². The van der Waals surface area contributed by atoms with E-state index in [0.29, 0.717) is 12.8 Å². The predicted molar refractivity (Wildman–Crippen MR) is 196 cm³/mol. The molecule has 0 heterocycles. The molecule has 1 atom stereocenters. The molecule has 0 radical (unpaired) electrons. The number of ether oxygens (including phenoxy) is 2. The Hall–Kier alpha value is -2.66. The van der Waals surface area contributed by atoms with Gasteiger partial charge in [0.05, 0.1) is 6.61 Å². The number of esters is 2. The summed E-state index contributed by atoms with van der Waals surface area (Å²) in [5.74, 6) is -0.680. The van der Waals surface area contributed by atoms with Gasteiger partial charge in [-0.3, -0.25) is 9.59 Å². The van der Waals surface area contributed by atoms with Crippen LogP contribution in [0.15, 0.2) is 72.9 Å². The molecule has 0 rings (SSSR count). The lowest BCUT2D eigenvalue weighted by atomic mass is 10.1. The molecule has 1 N–H and O–H groups in total. The minimum Gasteiger partial charge on any atom is -0.462 e. The molecule has 0 aliphatic carbocycles. The van der Waals surface area contributed by atoms with Gasteiger partial charge >= 0.3 is 11.9 Å². The normalized spacial score (nSPS) is 13.0. The molecule has 0 saturated carbocycles. The number of hydrogen-bond acceptors (Lipinski definition) is 5. The molecule has 5 nitrogen and oxygen atoms in total. The van der Waals surface area contributed by atoms with E-state index < -0.39 is 6.10 Å². The van der Waals surface area contributed by atoms with Gasteiger partial charge in [0.1, 0.15) is 6.61 Å². The number of aliphatic hydroxyl groups is 1. The smallest absolute Gasteiger partial charge is 0.306 e. The van der Waals surface area contributed by atoms with E-state index in [1.165, 1.54) is 57.8 Å². The first kappa shape index (κ1) is 43.3. The van der Waals surface area contributed by atoms with Gasteiger partial charge < -0.3 is 14.6 Å². The molecule has 0 spiro atoms. The SMILES string of the molecule is CCCCCC=CCC=CCC=CCC=CCCCC(=O)OC(CO)COC(=O)CCCCCCCC=CCC=CCCCCC. The van der Waals surface area contributed by atoms with Gasteiger partial charge in [-0.2, -0.15) is 0 Å². The quantitative estimate of drug-likeness (QED) is 0.0450. The summed E-state index contributed by atoms with van der Waals surface area (Å²) in [6.45, 7) is 4.00. The zero-order valence-corrected chi connectivity index (χ0v) is 29.6. The first-order chi connectivity index (χ1) is 22.6. The lowest BCUT2D eigenvalue weighted by Crippen LogP contribution is -2.28. The molecular weight excluding hydrogens is 572 g/mol. The number of hydrogen-bond donors (Lipinski definition) is 1. The van der Waals surface area contributed by atoms with Crippen LogP contribution < -0.4 is 0 Å². The highest BCUT2D eigenvalue weighted by Gasteiger charge is 2.15. The van der Waals surface area contributed by atoms with Crippen molar-refractivity contribution in [2.24, 2.45) is 0 Å². The van der Waals surface area contributed by atoms with Crippen LogP contribution in [-0.2, 0) is 19.1 Å². The highest BCUT2D eigenvalue weighted by Crippen LogP contribution is 2.10. The number of rotatable bonds is 32. The second-order valence-electron chi connectivity index (χ2n) is 11.9. The lowest BCUT2D eigenvalue weighted by Gasteiger charge is -2.15. The van der Waals surface area contributed by atoms with E-state index in [0.717, 1.165) is 64.2 Å². The van der Waals surface area contributed by atoms with Gasteiger partial charge in [-0.05, 0) is 83.5 Å². The summed E-state index contributed by atoms with van der Waals surface area (Å²) in [5, 5.41) is 9.52.